The van der Waals surface area contributed by atoms with Crippen LogP contribution in [0.4, 0.5) is 4.39 Å². The van der Waals surface area contributed by atoms with Gasteiger partial charge in [0.15, 0.2) is 0 Å². The van der Waals surface area contributed by atoms with Gasteiger partial charge >= 0.3 is 0 Å². The van der Waals surface area contributed by atoms with Crippen molar-refractivity contribution in [3.05, 3.63) is 59.4 Å². The van der Waals surface area contributed by atoms with Crippen molar-refractivity contribution in [1.82, 2.24) is 0 Å². The predicted octanol–water partition coefficient (Wildman–Crippen LogP) is 3.96. The fraction of sp³-hybridized carbons (Fsp3) is 0.235. The Morgan fingerprint density at radius 3 is 2.38 bits per heavy atom. The summed E-state index contributed by atoms with van der Waals surface area (Å²) in [5, 5.41) is 0. The summed E-state index contributed by atoms with van der Waals surface area (Å²) in [7, 11) is 0. The van der Waals surface area contributed by atoms with Crippen molar-refractivity contribution < 1.29 is 9.18 Å². The lowest BCUT2D eigenvalue weighted by Gasteiger charge is -2.16. The summed E-state index contributed by atoms with van der Waals surface area (Å²) < 4.78 is 13.1. The Bertz CT molecular complexity index is 615. The van der Waals surface area contributed by atoms with Crippen molar-refractivity contribution in [3.63, 3.8) is 0 Å². The van der Waals surface area contributed by atoms with Crippen LogP contribution in [0.15, 0.2) is 52.3 Å². The monoisotopic (exact) mass is 303 g/mol. The highest BCUT2D eigenvalue weighted by molar-refractivity contribution is 7.99. The summed E-state index contributed by atoms with van der Waals surface area (Å²) >= 11 is 1.63. The Kier molecular flexibility index (Phi) is 5.81. The molecule has 0 spiro atoms. The number of primary amides is 1. The fourth-order valence-corrected chi connectivity index (χ4v) is 3.37. The highest BCUT2D eigenvalue weighted by Gasteiger charge is 2.09. The van der Waals surface area contributed by atoms with E-state index in [1.807, 2.05) is 6.07 Å². The number of hydrogen-bond donors (Lipinski definition) is 1. The van der Waals surface area contributed by atoms with Gasteiger partial charge in [0, 0.05) is 9.79 Å². The normalized spacial score (nSPS) is 12.8. The van der Waals surface area contributed by atoms with Gasteiger partial charge in [-0.1, -0.05) is 23.9 Å². The molecule has 1 amide bonds. The van der Waals surface area contributed by atoms with Gasteiger partial charge in [-0.05, 0) is 67.1 Å². The second kappa shape index (κ2) is 7.84. The van der Waals surface area contributed by atoms with Gasteiger partial charge in [-0.3, -0.25) is 4.79 Å². The minimum Gasteiger partial charge on any atom is -0.372 e. The standard InChI is InChI=1S/C16H15FS.CH3NO/c17-14-6-3-7-15(11-14)18-16-9-8-12-4-1-2-5-13(12)10-16;2-1-3/h3,6-11H,1-2,4-5H2;1H,(H2,2,3). The maximum atomic E-state index is 13.1. The lowest BCUT2D eigenvalue weighted by atomic mass is 9.92. The Balaban J connectivity index is 0.000000497. The average Bonchev–Trinajstić information content (AvgIpc) is 2.48. The number of fused-ring (bicyclic) bond motifs is 1. The van der Waals surface area contributed by atoms with Gasteiger partial charge in [-0.15, -0.1) is 0 Å². The van der Waals surface area contributed by atoms with E-state index in [0.29, 0.717) is 0 Å². The minimum absolute atomic E-state index is 0.169. The molecule has 0 atom stereocenters. The van der Waals surface area contributed by atoms with Crippen LogP contribution in [0, 0.1) is 5.82 Å². The van der Waals surface area contributed by atoms with Crippen LogP contribution in [-0.2, 0) is 17.6 Å². The molecule has 1 aliphatic carbocycles. The second-order valence-corrected chi connectivity index (χ2v) is 5.98. The number of aryl methyl sites for hydroxylation is 2. The Morgan fingerprint density at radius 2 is 1.67 bits per heavy atom. The molecule has 0 heterocycles. The van der Waals surface area contributed by atoms with E-state index in [1.54, 1.807) is 23.9 Å². The first kappa shape index (κ1) is 15.6. The van der Waals surface area contributed by atoms with Gasteiger partial charge in [0.05, 0.1) is 0 Å². The average molecular weight is 303 g/mol. The van der Waals surface area contributed by atoms with Gasteiger partial charge in [-0.25, -0.2) is 4.39 Å². The first-order valence-corrected chi connectivity index (χ1v) is 7.75. The third-order valence-corrected chi connectivity index (χ3v) is 4.33. The molecule has 0 saturated heterocycles. The summed E-state index contributed by atoms with van der Waals surface area (Å²) in [5.74, 6) is -0.169. The first-order chi connectivity index (χ1) is 10.2. The molecule has 0 radical (unpaired) electrons. The molecule has 3 rings (SSSR count). The van der Waals surface area contributed by atoms with Crippen LogP contribution >= 0.6 is 11.8 Å². The van der Waals surface area contributed by atoms with Crippen molar-refractivity contribution in [3.8, 4) is 0 Å². The summed E-state index contributed by atoms with van der Waals surface area (Å²) in [6, 6.07) is 13.4. The van der Waals surface area contributed by atoms with E-state index in [9.17, 15) is 4.39 Å². The zero-order valence-electron chi connectivity index (χ0n) is 11.7. The molecule has 21 heavy (non-hydrogen) atoms. The molecular weight excluding hydrogens is 285 g/mol. The Labute approximate surface area is 128 Å². The highest BCUT2D eigenvalue weighted by atomic mass is 32.2. The summed E-state index contributed by atoms with van der Waals surface area (Å²) in [6.45, 7) is 0. The largest absolute Gasteiger partial charge is 0.372 e. The van der Waals surface area contributed by atoms with Gasteiger partial charge in [0.1, 0.15) is 5.82 Å². The van der Waals surface area contributed by atoms with E-state index in [2.05, 4.69) is 23.9 Å². The SMILES string of the molecule is Fc1cccc(Sc2ccc3c(c2)CCCC3)c1.NC=O. The summed E-state index contributed by atoms with van der Waals surface area (Å²) in [6.07, 6.45) is 5.25. The van der Waals surface area contributed by atoms with Gasteiger partial charge in [-0.2, -0.15) is 0 Å². The molecule has 4 heteroatoms. The lowest BCUT2D eigenvalue weighted by molar-refractivity contribution is -0.106. The first-order valence-electron chi connectivity index (χ1n) is 6.93. The minimum atomic E-state index is -0.169. The maximum Gasteiger partial charge on any atom is 0.204 e. The molecule has 0 aromatic heterocycles. The van der Waals surface area contributed by atoms with Crippen LogP contribution in [0.3, 0.4) is 0 Å². The molecule has 110 valence electrons. The lowest BCUT2D eigenvalue weighted by Crippen LogP contribution is -2.01. The zero-order chi connectivity index (χ0) is 15.1. The fourth-order valence-electron chi connectivity index (χ4n) is 2.44. The molecule has 0 fully saturated rings. The van der Waals surface area contributed by atoms with E-state index >= 15 is 0 Å². The number of amides is 1. The molecule has 2 aromatic carbocycles. The molecule has 2 aromatic rings. The third-order valence-electron chi connectivity index (χ3n) is 3.35. The molecule has 0 saturated carbocycles. The van der Waals surface area contributed by atoms with E-state index in [4.69, 9.17) is 4.79 Å². The van der Waals surface area contributed by atoms with Crippen molar-refractivity contribution in [1.29, 1.82) is 0 Å². The number of nitrogens with two attached hydrogens (primary N) is 1. The molecule has 0 unspecified atom stereocenters. The summed E-state index contributed by atoms with van der Waals surface area (Å²) in [5.41, 5.74) is 7.13. The van der Waals surface area contributed by atoms with Crippen LogP contribution in [-0.4, -0.2) is 6.41 Å². The molecule has 2 N–H and O–H groups in total. The molecular formula is C17H18FNOS. The van der Waals surface area contributed by atoms with E-state index in [0.717, 1.165) is 4.90 Å². The van der Waals surface area contributed by atoms with Crippen molar-refractivity contribution in [2.45, 2.75) is 35.5 Å². The Morgan fingerprint density at radius 1 is 1.00 bits per heavy atom. The number of hydrogen-bond acceptors (Lipinski definition) is 2. The number of halogens is 1. The van der Waals surface area contributed by atoms with Crippen LogP contribution in [0.5, 0.6) is 0 Å². The number of benzene rings is 2. The molecule has 2 nitrogen and oxygen atoms in total. The number of carbonyl (C=O) groups excluding carboxylic acids is 1. The van der Waals surface area contributed by atoms with Crippen molar-refractivity contribution in [2.24, 2.45) is 5.73 Å². The molecule has 1 aliphatic rings. The predicted molar refractivity (Wildman–Crippen MR) is 83.9 cm³/mol. The van der Waals surface area contributed by atoms with Gasteiger partial charge < -0.3 is 5.73 Å². The van der Waals surface area contributed by atoms with Crippen LogP contribution in [0.1, 0.15) is 24.0 Å². The van der Waals surface area contributed by atoms with E-state index in [-0.39, 0.29) is 12.2 Å². The summed E-state index contributed by atoms with van der Waals surface area (Å²) in [4.78, 5) is 10.8. The van der Waals surface area contributed by atoms with Crippen LogP contribution in [0.25, 0.3) is 0 Å². The van der Waals surface area contributed by atoms with Crippen molar-refractivity contribution in [2.75, 3.05) is 0 Å². The highest BCUT2D eigenvalue weighted by Crippen LogP contribution is 2.31. The smallest absolute Gasteiger partial charge is 0.204 e. The topological polar surface area (TPSA) is 43.1 Å². The number of rotatable bonds is 2. The second-order valence-electron chi connectivity index (χ2n) is 4.83. The van der Waals surface area contributed by atoms with Crippen LogP contribution in [0.2, 0.25) is 0 Å². The molecule has 0 aliphatic heterocycles. The van der Waals surface area contributed by atoms with Crippen LogP contribution < -0.4 is 5.73 Å². The van der Waals surface area contributed by atoms with E-state index in [1.165, 1.54) is 47.8 Å². The van der Waals surface area contributed by atoms with Gasteiger partial charge in [0.2, 0.25) is 6.41 Å². The number of carbonyl (C=O) groups is 1. The maximum absolute atomic E-state index is 13.1. The Hall–Kier alpha value is -1.81. The quantitative estimate of drug-likeness (QED) is 0.853. The third kappa shape index (κ3) is 4.60. The van der Waals surface area contributed by atoms with E-state index < -0.39 is 0 Å². The van der Waals surface area contributed by atoms with Gasteiger partial charge in [0.25, 0.3) is 0 Å². The van der Waals surface area contributed by atoms with Crippen molar-refractivity contribution >= 4 is 18.2 Å². The zero-order valence-corrected chi connectivity index (χ0v) is 12.5. The molecule has 0 bridgehead atoms.